The Morgan fingerprint density at radius 1 is 1.32 bits per heavy atom. The van der Waals surface area contributed by atoms with Gasteiger partial charge in [0.15, 0.2) is 0 Å². The first kappa shape index (κ1) is 22.5. The Bertz CT molecular complexity index is 835. The lowest BCUT2D eigenvalue weighted by Gasteiger charge is -2.36. The Hall–Kier alpha value is -1.80. The second kappa shape index (κ2) is 9.13. The molecule has 1 aromatic carbocycles. The molecule has 1 saturated heterocycles. The lowest BCUT2D eigenvalue weighted by atomic mass is 9.96. The van der Waals surface area contributed by atoms with E-state index in [0.717, 1.165) is 10.6 Å². The monoisotopic (exact) mass is 430 g/mol. The van der Waals surface area contributed by atoms with Crippen molar-refractivity contribution in [2.24, 2.45) is 5.92 Å². The molecule has 7 nitrogen and oxygen atoms in total. The summed E-state index contributed by atoms with van der Waals surface area (Å²) in [7, 11) is -3.72. The maximum absolute atomic E-state index is 13.0. The number of rotatable bonds is 6. The third-order valence-electron chi connectivity index (χ3n) is 4.90. The van der Waals surface area contributed by atoms with Crippen LogP contribution in [0.25, 0.3) is 0 Å². The van der Waals surface area contributed by atoms with Crippen molar-refractivity contribution in [2.75, 3.05) is 30.3 Å². The number of hydrogen-bond acceptors (Lipinski definition) is 5. The predicted octanol–water partition coefficient (Wildman–Crippen LogP) is 2.60. The molecule has 0 radical (unpaired) electrons. The largest absolute Gasteiger partial charge is 0.466 e. The van der Waals surface area contributed by atoms with E-state index in [4.69, 9.17) is 16.3 Å². The van der Waals surface area contributed by atoms with Gasteiger partial charge in [0.2, 0.25) is 15.9 Å². The van der Waals surface area contributed by atoms with E-state index in [0.29, 0.717) is 48.8 Å². The number of nitrogens with zero attached hydrogens (tertiary/aromatic N) is 2. The minimum absolute atomic E-state index is 0.222. The highest BCUT2D eigenvalue weighted by Crippen LogP contribution is 2.29. The van der Waals surface area contributed by atoms with Gasteiger partial charge in [0.05, 0.1) is 24.5 Å². The molecule has 0 aromatic heterocycles. The molecule has 1 unspecified atom stereocenters. The van der Waals surface area contributed by atoms with Crippen molar-refractivity contribution in [1.82, 2.24) is 4.90 Å². The van der Waals surface area contributed by atoms with Crippen LogP contribution in [-0.4, -0.2) is 57.2 Å². The van der Waals surface area contributed by atoms with E-state index in [1.54, 1.807) is 43.9 Å². The number of halogens is 1. The molecule has 2 rings (SSSR count). The summed E-state index contributed by atoms with van der Waals surface area (Å²) in [5, 5.41) is 0.393. The summed E-state index contributed by atoms with van der Waals surface area (Å²) in [6, 6.07) is 4.02. The smallest absolute Gasteiger partial charge is 0.309 e. The molecule has 9 heteroatoms. The van der Waals surface area contributed by atoms with E-state index < -0.39 is 16.1 Å². The minimum atomic E-state index is -3.72. The van der Waals surface area contributed by atoms with Crippen LogP contribution in [0.5, 0.6) is 0 Å². The van der Waals surface area contributed by atoms with E-state index in [2.05, 4.69) is 0 Å². The molecular formula is C19H27ClN2O5S. The molecule has 0 bridgehead atoms. The molecule has 0 aliphatic carbocycles. The number of aryl methyl sites for hydroxylation is 1. The molecule has 156 valence electrons. The summed E-state index contributed by atoms with van der Waals surface area (Å²) in [5.74, 6) is -0.762. The van der Waals surface area contributed by atoms with Crippen LogP contribution in [0.3, 0.4) is 0 Å². The predicted molar refractivity (Wildman–Crippen MR) is 109 cm³/mol. The third kappa shape index (κ3) is 5.17. The first-order chi connectivity index (χ1) is 13.1. The summed E-state index contributed by atoms with van der Waals surface area (Å²) < 4.78 is 31.1. The number of sulfonamides is 1. The number of amides is 1. The zero-order valence-corrected chi connectivity index (χ0v) is 18.2. The number of ether oxygens (including phenoxy) is 1. The van der Waals surface area contributed by atoms with E-state index in [9.17, 15) is 18.0 Å². The lowest BCUT2D eigenvalue weighted by Crippen LogP contribution is -2.52. The third-order valence-corrected chi connectivity index (χ3v) is 6.36. The van der Waals surface area contributed by atoms with Gasteiger partial charge < -0.3 is 9.64 Å². The van der Waals surface area contributed by atoms with Gasteiger partial charge in [0, 0.05) is 18.1 Å². The molecule has 1 atom stereocenters. The second-order valence-electron chi connectivity index (χ2n) is 7.02. The van der Waals surface area contributed by atoms with Crippen molar-refractivity contribution >= 4 is 39.2 Å². The summed E-state index contributed by atoms with van der Waals surface area (Å²) in [5.41, 5.74) is 1.09. The standard InChI is InChI=1S/C19H27ClN2O5S/c1-5-27-19(24)15-8-10-21(11-9-15)18(23)14(3)22(28(4,25)26)17-12-16(20)7-6-13(17)2/h6-7,12,14-15H,5,8-11H2,1-4H3. The summed E-state index contributed by atoms with van der Waals surface area (Å²) in [4.78, 5) is 26.5. The van der Waals surface area contributed by atoms with Gasteiger partial charge in [-0.25, -0.2) is 8.42 Å². The molecule has 1 aromatic rings. The van der Waals surface area contributed by atoms with Crippen LogP contribution in [0.15, 0.2) is 18.2 Å². The lowest BCUT2D eigenvalue weighted by molar-refractivity contribution is -0.151. The fourth-order valence-electron chi connectivity index (χ4n) is 3.45. The van der Waals surface area contributed by atoms with Crippen molar-refractivity contribution in [1.29, 1.82) is 0 Å². The van der Waals surface area contributed by atoms with Crippen LogP contribution < -0.4 is 4.31 Å². The average molecular weight is 431 g/mol. The van der Waals surface area contributed by atoms with Gasteiger partial charge in [-0.3, -0.25) is 13.9 Å². The Labute approximate surface area is 171 Å². The molecule has 1 fully saturated rings. The van der Waals surface area contributed by atoms with Crippen LogP contribution in [0, 0.1) is 12.8 Å². The highest BCUT2D eigenvalue weighted by molar-refractivity contribution is 7.92. The van der Waals surface area contributed by atoms with Gasteiger partial charge in [-0.1, -0.05) is 17.7 Å². The Morgan fingerprint density at radius 3 is 2.46 bits per heavy atom. The maximum Gasteiger partial charge on any atom is 0.309 e. The van der Waals surface area contributed by atoms with Crippen LogP contribution in [0.4, 0.5) is 5.69 Å². The fourth-order valence-corrected chi connectivity index (χ4v) is 4.84. The molecule has 28 heavy (non-hydrogen) atoms. The second-order valence-corrected chi connectivity index (χ2v) is 9.31. The van der Waals surface area contributed by atoms with Crippen molar-refractivity contribution in [3.63, 3.8) is 0 Å². The number of esters is 1. The topological polar surface area (TPSA) is 84.0 Å². The normalized spacial score (nSPS) is 16.5. The Morgan fingerprint density at radius 2 is 1.93 bits per heavy atom. The number of carbonyl (C=O) groups is 2. The van der Waals surface area contributed by atoms with Crippen LogP contribution in [0.1, 0.15) is 32.3 Å². The molecule has 1 heterocycles. The quantitative estimate of drug-likeness (QED) is 0.647. The highest BCUT2D eigenvalue weighted by Gasteiger charge is 2.35. The van der Waals surface area contributed by atoms with Gasteiger partial charge in [0.25, 0.3) is 0 Å². The molecule has 1 aliphatic rings. The molecule has 1 aliphatic heterocycles. The van der Waals surface area contributed by atoms with Gasteiger partial charge in [-0.15, -0.1) is 0 Å². The highest BCUT2D eigenvalue weighted by atomic mass is 35.5. The van der Waals surface area contributed by atoms with Crippen LogP contribution >= 0.6 is 11.6 Å². The van der Waals surface area contributed by atoms with Crippen molar-refractivity contribution in [2.45, 2.75) is 39.7 Å². The molecular weight excluding hydrogens is 404 g/mol. The molecule has 1 amide bonds. The van der Waals surface area contributed by atoms with Gasteiger partial charge >= 0.3 is 5.97 Å². The first-order valence-electron chi connectivity index (χ1n) is 9.27. The molecule has 0 N–H and O–H groups in total. The molecule has 0 spiro atoms. The number of benzene rings is 1. The van der Waals surface area contributed by atoms with E-state index in [1.807, 2.05) is 0 Å². The number of anilines is 1. The van der Waals surface area contributed by atoms with Gasteiger partial charge in [0.1, 0.15) is 6.04 Å². The van der Waals surface area contributed by atoms with E-state index in [-0.39, 0.29) is 17.8 Å². The number of hydrogen-bond donors (Lipinski definition) is 0. The zero-order valence-electron chi connectivity index (χ0n) is 16.6. The van der Waals surface area contributed by atoms with Crippen LogP contribution in [0.2, 0.25) is 5.02 Å². The first-order valence-corrected chi connectivity index (χ1v) is 11.5. The summed E-state index contributed by atoms with van der Waals surface area (Å²) >= 11 is 6.05. The van der Waals surface area contributed by atoms with Gasteiger partial charge in [-0.05, 0) is 51.3 Å². The minimum Gasteiger partial charge on any atom is -0.466 e. The number of likely N-dealkylation sites (tertiary alicyclic amines) is 1. The molecule has 0 saturated carbocycles. The Balaban J connectivity index is 2.19. The summed E-state index contributed by atoms with van der Waals surface area (Å²) in [6.07, 6.45) is 2.09. The van der Waals surface area contributed by atoms with Crippen molar-refractivity contribution < 1.29 is 22.7 Å². The average Bonchev–Trinajstić information content (AvgIpc) is 2.63. The van der Waals surface area contributed by atoms with E-state index >= 15 is 0 Å². The maximum atomic E-state index is 13.0. The van der Waals surface area contributed by atoms with Crippen LogP contribution in [-0.2, 0) is 24.3 Å². The number of carbonyl (C=O) groups excluding carboxylic acids is 2. The number of piperidine rings is 1. The van der Waals surface area contributed by atoms with Gasteiger partial charge in [-0.2, -0.15) is 0 Å². The van der Waals surface area contributed by atoms with Crippen molar-refractivity contribution in [3.05, 3.63) is 28.8 Å². The fraction of sp³-hybridized carbons (Fsp3) is 0.579. The van der Waals surface area contributed by atoms with Crippen molar-refractivity contribution in [3.8, 4) is 0 Å². The summed E-state index contributed by atoms with van der Waals surface area (Å²) in [6.45, 7) is 6.21. The Kier molecular flexibility index (Phi) is 7.33. The SMILES string of the molecule is CCOC(=O)C1CCN(C(=O)C(C)N(c2cc(Cl)ccc2C)S(C)(=O)=O)CC1. The van der Waals surface area contributed by atoms with E-state index in [1.165, 1.54) is 0 Å². The zero-order chi connectivity index (χ0) is 21.1.